The minimum atomic E-state index is -2.03. The average Bonchev–Trinajstić information content (AvgIpc) is 3.24. The van der Waals surface area contributed by atoms with Gasteiger partial charge in [-0.05, 0) is 48.8 Å². The summed E-state index contributed by atoms with van der Waals surface area (Å²) >= 11 is 0. The normalized spacial score (nSPS) is 26.9. The second-order valence-electron chi connectivity index (χ2n) is 14.6. The van der Waals surface area contributed by atoms with Crippen molar-refractivity contribution in [3.63, 3.8) is 0 Å². The van der Waals surface area contributed by atoms with Gasteiger partial charge < -0.3 is 13.6 Å². The van der Waals surface area contributed by atoms with Gasteiger partial charge in [-0.3, -0.25) is 4.79 Å². The Morgan fingerprint density at radius 2 is 1.65 bits per heavy atom. The predicted octanol–water partition coefficient (Wildman–Crippen LogP) is 8.39. The summed E-state index contributed by atoms with van der Waals surface area (Å²) in [7, 11) is -4.00. The maximum Gasteiger partial charge on any atom is 0.306 e. The van der Waals surface area contributed by atoms with Crippen molar-refractivity contribution in [2.75, 3.05) is 0 Å². The number of esters is 1. The number of carbonyl (C=O) groups is 1. The molecule has 1 heterocycles. The molecule has 2 aliphatic rings. The standard InChI is InChI=1S/C31H52O4Si2/c1-21-14-13-15-23(18-21)22(2)26(34-36(9,10)30(3,4)5)17-16-24-25-19-29(32)33-27(25)20-28(24)35-37(11,12)31(6,7)8/h13-18,22,24-28H,19-20H2,1-12H3/b17-16+/t22-,24+,25+,26-,27-,28+/m0/s1. The van der Waals surface area contributed by atoms with Gasteiger partial charge in [0.2, 0.25) is 0 Å². The second kappa shape index (κ2) is 10.7. The van der Waals surface area contributed by atoms with Crippen molar-refractivity contribution in [1.82, 2.24) is 0 Å². The Balaban J connectivity index is 1.95. The molecule has 0 spiro atoms. The van der Waals surface area contributed by atoms with E-state index in [-0.39, 0.29) is 52.1 Å². The Labute approximate surface area is 228 Å². The van der Waals surface area contributed by atoms with E-state index in [2.05, 4.69) is 118 Å². The molecule has 0 unspecified atom stereocenters. The third-order valence-electron chi connectivity index (χ3n) is 9.62. The molecule has 0 radical (unpaired) electrons. The molecule has 2 fully saturated rings. The first-order valence-corrected chi connectivity index (χ1v) is 19.9. The van der Waals surface area contributed by atoms with Crippen LogP contribution in [0.25, 0.3) is 0 Å². The summed E-state index contributed by atoms with van der Waals surface area (Å²) in [4.78, 5) is 12.2. The lowest BCUT2D eigenvalue weighted by Crippen LogP contribution is -2.45. The summed E-state index contributed by atoms with van der Waals surface area (Å²) in [5, 5.41) is 0.243. The van der Waals surface area contributed by atoms with E-state index < -0.39 is 16.6 Å². The zero-order valence-electron chi connectivity index (χ0n) is 25.5. The van der Waals surface area contributed by atoms with Gasteiger partial charge in [0.05, 0.1) is 18.6 Å². The number of aryl methyl sites for hydroxylation is 1. The summed E-state index contributed by atoms with van der Waals surface area (Å²) in [6.07, 6.45) is 5.89. The first kappa shape index (κ1) is 30.3. The summed E-state index contributed by atoms with van der Waals surface area (Å²) in [6.45, 7) is 27.5. The highest BCUT2D eigenvalue weighted by Gasteiger charge is 2.52. The molecular weight excluding hydrogens is 493 g/mol. The molecule has 0 amide bonds. The molecule has 1 aromatic carbocycles. The van der Waals surface area contributed by atoms with E-state index in [1.165, 1.54) is 11.1 Å². The van der Waals surface area contributed by atoms with Crippen LogP contribution in [0.4, 0.5) is 0 Å². The van der Waals surface area contributed by atoms with Gasteiger partial charge in [-0.1, -0.05) is 90.4 Å². The van der Waals surface area contributed by atoms with Crippen molar-refractivity contribution in [3.05, 3.63) is 47.5 Å². The summed E-state index contributed by atoms with van der Waals surface area (Å²) in [5.74, 6) is 0.479. The minimum Gasteiger partial charge on any atom is -0.462 e. The van der Waals surface area contributed by atoms with E-state index in [4.69, 9.17) is 13.6 Å². The number of hydrogen-bond donors (Lipinski definition) is 0. The Bertz CT molecular complexity index is 986. The summed E-state index contributed by atoms with van der Waals surface area (Å²) < 4.78 is 19.8. The average molecular weight is 545 g/mol. The van der Waals surface area contributed by atoms with E-state index in [0.29, 0.717) is 6.42 Å². The number of fused-ring (bicyclic) bond motifs is 1. The van der Waals surface area contributed by atoms with Gasteiger partial charge in [-0.25, -0.2) is 0 Å². The van der Waals surface area contributed by atoms with Crippen LogP contribution in [0.1, 0.15) is 78.4 Å². The van der Waals surface area contributed by atoms with Crippen LogP contribution in [0, 0.1) is 18.8 Å². The van der Waals surface area contributed by atoms with Crippen LogP contribution in [0.5, 0.6) is 0 Å². The van der Waals surface area contributed by atoms with Crippen LogP contribution < -0.4 is 0 Å². The van der Waals surface area contributed by atoms with Crippen molar-refractivity contribution in [1.29, 1.82) is 0 Å². The monoisotopic (exact) mass is 544 g/mol. The van der Waals surface area contributed by atoms with Gasteiger partial charge in [-0.2, -0.15) is 0 Å². The van der Waals surface area contributed by atoms with E-state index >= 15 is 0 Å². The van der Waals surface area contributed by atoms with Crippen molar-refractivity contribution in [2.24, 2.45) is 11.8 Å². The second-order valence-corrected chi connectivity index (χ2v) is 24.1. The maximum atomic E-state index is 12.2. The van der Waals surface area contributed by atoms with Crippen molar-refractivity contribution < 1.29 is 18.4 Å². The lowest BCUT2D eigenvalue weighted by atomic mass is 9.89. The van der Waals surface area contributed by atoms with E-state index in [0.717, 1.165) is 6.42 Å². The highest BCUT2D eigenvalue weighted by Crippen LogP contribution is 2.47. The van der Waals surface area contributed by atoms with E-state index in [1.54, 1.807) is 0 Å². The number of ether oxygens (including phenoxy) is 1. The maximum absolute atomic E-state index is 12.2. The third-order valence-corrected chi connectivity index (χ3v) is 18.6. The highest BCUT2D eigenvalue weighted by molar-refractivity contribution is 6.74. The molecule has 1 saturated carbocycles. The fraction of sp³-hybridized carbons (Fsp3) is 0.710. The van der Waals surface area contributed by atoms with Gasteiger partial charge in [0.15, 0.2) is 16.6 Å². The molecule has 6 atom stereocenters. The molecule has 1 aliphatic heterocycles. The molecule has 0 aromatic heterocycles. The van der Waals surface area contributed by atoms with Crippen molar-refractivity contribution >= 4 is 22.6 Å². The SMILES string of the molecule is Cc1cccc([C@H](C)[C@H](/C=C/[C@@H]2[C@H]3CC(=O)O[C@H]3C[C@H]2O[Si](C)(C)C(C)(C)C)O[Si](C)(C)C(C)(C)C)c1. The topological polar surface area (TPSA) is 44.8 Å². The molecule has 1 aromatic rings. The largest absolute Gasteiger partial charge is 0.462 e. The van der Waals surface area contributed by atoms with Crippen molar-refractivity contribution in [3.8, 4) is 0 Å². The Morgan fingerprint density at radius 1 is 1.03 bits per heavy atom. The van der Waals surface area contributed by atoms with Crippen LogP contribution in [-0.4, -0.2) is 40.9 Å². The van der Waals surface area contributed by atoms with Gasteiger partial charge in [0.25, 0.3) is 0 Å². The Morgan fingerprint density at radius 3 is 2.22 bits per heavy atom. The molecule has 1 aliphatic carbocycles. The quantitative estimate of drug-likeness (QED) is 0.187. The minimum absolute atomic E-state index is 0.0362. The third kappa shape index (κ3) is 6.87. The zero-order valence-corrected chi connectivity index (χ0v) is 27.5. The predicted molar refractivity (Wildman–Crippen MR) is 159 cm³/mol. The fourth-order valence-corrected chi connectivity index (χ4v) is 7.73. The van der Waals surface area contributed by atoms with Gasteiger partial charge in [0.1, 0.15) is 6.10 Å². The summed E-state index contributed by atoms with van der Waals surface area (Å²) in [5.41, 5.74) is 2.56. The van der Waals surface area contributed by atoms with E-state index in [1.807, 2.05) is 0 Å². The Kier molecular flexibility index (Phi) is 8.81. The molecule has 0 bridgehead atoms. The Hall–Kier alpha value is -1.22. The molecule has 6 heteroatoms. The van der Waals surface area contributed by atoms with Crippen LogP contribution in [0.3, 0.4) is 0 Å². The van der Waals surface area contributed by atoms with Gasteiger partial charge in [-0.15, -0.1) is 0 Å². The van der Waals surface area contributed by atoms with E-state index in [9.17, 15) is 4.79 Å². The van der Waals surface area contributed by atoms with Crippen molar-refractivity contribution in [2.45, 2.75) is 129 Å². The smallest absolute Gasteiger partial charge is 0.306 e. The van der Waals surface area contributed by atoms with Crippen LogP contribution in [0.2, 0.25) is 36.3 Å². The lowest BCUT2D eigenvalue weighted by Gasteiger charge is -2.41. The molecule has 4 nitrogen and oxygen atoms in total. The fourth-order valence-electron chi connectivity index (χ4n) is 5.05. The van der Waals surface area contributed by atoms with Crippen LogP contribution >= 0.6 is 0 Å². The number of hydrogen-bond acceptors (Lipinski definition) is 4. The molecule has 37 heavy (non-hydrogen) atoms. The molecule has 3 rings (SSSR count). The first-order valence-electron chi connectivity index (χ1n) is 14.1. The summed E-state index contributed by atoms with van der Waals surface area (Å²) in [6, 6.07) is 8.78. The number of carbonyl (C=O) groups excluding carboxylic acids is 1. The molecule has 208 valence electrons. The van der Waals surface area contributed by atoms with Crippen LogP contribution in [-0.2, 0) is 18.4 Å². The first-order chi connectivity index (χ1) is 16.8. The van der Waals surface area contributed by atoms with Gasteiger partial charge in [0, 0.05) is 24.2 Å². The molecular formula is C31H52O4Si2. The lowest BCUT2D eigenvalue weighted by molar-refractivity contribution is -0.141. The van der Waals surface area contributed by atoms with Gasteiger partial charge >= 0.3 is 5.97 Å². The number of rotatable bonds is 8. The van der Waals surface area contributed by atoms with Crippen LogP contribution in [0.15, 0.2) is 36.4 Å². The molecule has 1 saturated heterocycles. The molecule has 0 N–H and O–H groups in total. The number of benzene rings is 1. The zero-order chi connectivity index (χ0) is 28.0. The highest BCUT2D eigenvalue weighted by atomic mass is 28.4.